The Morgan fingerprint density at radius 1 is 1.25 bits per heavy atom. The molecule has 0 aliphatic heterocycles. The zero-order valence-electron chi connectivity index (χ0n) is 11.1. The van der Waals surface area contributed by atoms with Gasteiger partial charge in [0.15, 0.2) is 11.5 Å². The van der Waals surface area contributed by atoms with Crippen molar-refractivity contribution in [1.29, 1.82) is 0 Å². The fourth-order valence-electron chi connectivity index (χ4n) is 1.94. The highest BCUT2D eigenvalue weighted by Crippen LogP contribution is 2.20. The summed E-state index contributed by atoms with van der Waals surface area (Å²) in [6.45, 7) is 2.71. The first-order chi connectivity index (χ1) is 9.74. The number of anilines is 1. The molecule has 0 spiro atoms. The quantitative estimate of drug-likeness (QED) is 0.779. The minimum absolute atomic E-state index is 0.678. The van der Waals surface area contributed by atoms with E-state index in [1.807, 2.05) is 37.3 Å². The predicted octanol–water partition coefficient (Wildman–Crippen LogP) is 4.16. The van der Waals surface area contributed by atoms with E-state index < -0.39 is 0 Å². The molecule has 0 bridgehead atoms. The van der Waals surface area contributed by atoms with E-state index >= 15 is 0 Å². The van der Waals surface area contributed by atoms with Gasteiger partial charge in [-0.1, -0.05) is 6.92 Å². The molecule has 102 valence electrons. The summed E-state index contributed by atoms with van der Waals surface area (Å²) in [4.78, 5) is 8.76. The van der Waals surface area contributed by atoms with Crippen LogP contribution in [-0.2, 0) is 13.0 Å². The topological polar surface area (TPSA) is 51.0 Å². The van der Waals surface area contributed by atoms with Crippen LogP contribution in [0.4, 0.5) is 5.69 Å². The lowest BCUT2D eigenvalue weighted by atomic mass is 10.2. The van der Waals surface area contributed by atoms with Gasteiger partial charge in [0.1, 0.15) is 5.52 Å². The van der Waals surface area contributed by atoms with E-state index in [9.17, 15) is 0 Å². The van der Waals surface area contributed by atoms with Gasteiger partial charge in [0.25, 0.3) is 0 Å². The third-order valence-corrected chi connectivity index (χ3v) is 3.47. The Balaban J connectivity index is 1.75. The van der Waals surface area contributed by atoms with Crippen molar-refractivity contribution in [3.05, 3.63) is 52.6 Å². The summed E-state index contributed by atoms with van der Waals surface area (Å²) in [6.07, 6.45) is 2.60. The first-order valence-corrected chi connectivity index (χ1v) is 7.27. The minimum atomic E-state index is 0.678. The molecular weight excluding hydrogens is 318 g/mol. The van der Waals surface area contributed by atoms with Gasteiger partial charge in [-0.2, -0.15) is 0 Å². The van der Waals surface area contributed by atoms with Crippen LogP contribution >= 0.6 is 15.9 Å². The predicted molar refractivity (Wildman–Crippen MR) is 82.7 cm³/mol. The van der Waals surface area contributed by atoms with E-state index in [1.54, 1.807) is 6.20 Å². The normalized spacial score (nSPS) is 10.9. The van der Waals surface area contributed by atoms with E-state index in [0.29, 0.717) is 6.54 Å². The van der Waals surface area contributed by atoms with Gasteiger partial charge in [-0.25, -0.2) is 4.98 Å². The Bertz CT molecular complexity index is 722. The molecule has 3 aromatic rings. The van der Waals surface area contributed by atoms with Gasteiger partial charge in [0.05, 0.1) is 12.2 Å². The number of rotatable bonds is 4. The summed E-state index contributed by atoms with van der Waals surface area (Å²) < 4.78 is 6.58. The fraction of sp³-hybridized carbons (Fsp3) is 0.200. The van der Waals surface area contributed by atoms with Crippen LogP contribution in [-0.4, -0.2) is 9.97 Å². The Kier molecular flexibility index (Phi) is 3.69. The van der Waals surface area contributed by atoms with E-state index in [0.717, 1.165) is 39.3 Å². The first kappa shape index (κ1) is 13.1. The lowest BCUT2D eigenvalue weighted by Crippen LogP contribution is -2.01. The SMILES string of the molecule is CCc1nc2cc(NCc3ccc(Br)cn3)ccc2o1. The Morgan fingerprint density at radius 3 is 2.90 bits per heavy atom. The summed E-state index contributed by atoms with van der Waals surface area (Å²) >= 11 is 3.38. The van der Waals surface area contributed by atoms with E-state index in [4.69, 9.17) is 4.42 Å². The van der Waals surface area contributed by atoms with Crippen LogP contribution in [0.3, 0.4) is 0 Å². The number of benzene rings is 1. The van der Waals surface area contributed by atoms with Gasteiger partial charge >= 0.3 is 0 Å². The third-order valence-electron chi connectivity index (χ3n) is 3.00. The van der Waals surface area contributed by atoms with E-state index in [-0.39, 0.29) is 0 Å². The average molecular weight is 332 g/mol. The standard InChI is InChI=1S/C15H14BrN3O/c1-2-15-19-13-7-11(5-6-14(13)20-15)18-9-12-4-3-10(16)8-17-12/h3-8,18H,2,9H2,1H3. The molecule has 0 aliphatic carbocycles. The smallest absolute Gasteiger partial charge is 0.195 e. The molecule has 4 nitrogen and oxygen atoms in total. The highest BCUT2D eigenvalue weighted by atomic mass is 79.9. The number of aryl methyl sites for hydroxylation is 1. The second kappa shape index (κ2) is 5.63. The molecule has 0 amide bonds. The number of hydrogen-bond acceptors (Lipinski definition) is 4. The summed E-state index contributed by atoms with van der Waals surface area (Å²) in [5, 5.41) is 3.34. The Labute approximate surface area is 125 Å². The van der Waals surface area contributed by atoms with Gasteiger partial charge in [0, 0.05) is 22.8 Å². The van der Waals surface area contributed by atoms with Gasteiger partial charge in [-0.15, -0.1) is 0 Å². The number of oxazole rings is 1. The van der Waals surface area contributed by atoms with Crippen molar-refractivity contribution in [3.63, 3.8) is 0 Å². The molecule has 5 heteroatoms. The van der Waals surface area contributed by atoms with Crippen LogP contribution in [0.15, 0.2) is 45.4 Å². The molecule has 0 saturated heterocycles. The molecule has 0 unspecified atom stereocenters. The minimum Gasteiger partial charge on any atom is -0.441 e. The van der Waals surface area contributed by atoms with Crippen molar-refractivity contribution in [2.24, 2.45) is 0 Å². The number of nitrogens with zero attached hydrogens (tertiary/aromatic N) is 2. The van der Waals surface area contributed by atoms with Crippen molar-refractivity contribution >= 4 is 32.7 Å². The largest absolute Gasteiger partial charge is 0.441 e. The molecule has 0 aliphatic rings. The van der Waals surface area contributed by atoms with Crippen LogP contribution in [0, 0.1) is 0 Å². The van der Waals surface area contributed by atoms with E-state index in [2.05, 4.69) is 31.2 Å². The molecule has 2 heterocycles. The summed E-state index contributed by atoms with van der Waals surface area (Å²) in [6, 6.07) is 9.90. The Hall–Kier alpha value is -1.88. The maximum atomic E-state index is 5.59. The molecule has 20 heavy (non-hydrogen) atoms. The highest BCUT2D eigenvalue weighted by Gasteiger charge is 2.05. The summed E-state index contributed by atoms with van der Waals surface area (Å²) in [7, 11) is 0. The molecule has 3 rings (SSSR count). The van der Waals surface area contributed by atoms with Gasteiger partial charge in [-0.05, 0) is 46.3 Å². The lowest BCUT2D eigenvalue weighted by molar-refractivity contribution is 0.538. The number of pyridine rings is 1. The molecule has 1 N–H and O–H groups in total. The van der Waals surface area contributed by atoms with Crippen molar-refractivity contribution in [3.8, 4) is 0 Å². The van der Waals surface area contributed by atoms with Gasteiger partial charge < -0.3 is 9.73 Å². The van der Waals surface area contributed by atoms with Crippen LogP contribution in [0.25, 0.3) is 11.1 Å². The number of nitrogens with one attached hydrogen (secondary N) is 1. The summed E-state index contributed by atoms with van der Waals surface area (Å²) in [5.41, 5.74) is 3.71. The number of halogens is 1. The highest BCUT2D eigenvalue weighted by molar-refractivity contribution is 9.10. The van der Waals surface area contributed by atoms with Crippen molar-refractivity contribution in [2.75, 3.05) is 5.32 Å². The third kappa shape index (κ3) is 2.82. The number of aromatic nitrogens is 2. The van der Waals surface area contributed by atoms with Crippen LogP contribution in [0.1, 0.15) is 18.5 Å². The van der Waals surface area contributed by atoms with Crippen molar-refractivity contribution < 1.29 is 4.42 Å². The zero-order chi connectivity index (χ0) is 13.9. The molecule has 1 aromatic carbocycles. The zero-order valence-corrected chi connectivity index (χ0v) is 12.6. The second-order valence-corrected chi connectivity index (χ2v) is 5.38. The fourth-order valence-corrected chi connectivity index (χ4v) is 2.17. The van der Waals surface area contributed by atoms with E-state index in [1.165, 1.54) is 0 Å². The monoisotopic (exact) mass is 331 g/mol. The molecule has 0 radical (unpaired) electrons. The summed E-state index contributed by atoms with van der Waals surface area (Å²) in [5.74, 6) is 0.770. The van der Waals surface area contributed by atoms with Gasteiger partial charge in [0.2, 0.25) is 0 Å². The molecule has 0 fully saturated rings. The maximum absolute atomic E-state index is 5.59. The maximum Gasteiger partial charge on any atom is 0.195 e. The molecule has 0 atom stereocenters. The van der Waals surface area contributed by atoms with Crippen LogP contribution < -0.4 is 5.32 Å². The van der Waals surface area contributed by atoms with Crippen molar-refractivity contribution in [1.82, 2.24) is 9.97 Å². The average Bonchev–Trinajstić information content (AvgIpc) is 2.89. The lowest BCUT2D eigenvalue weighted by Gasteiger charge is -2.05. The molecule has 2 aromatic heterocycles. The number of fused-ring (bicyclic) bond motifs is 1. The number of hydrogen-bond donors (Lipinski definition) is 1. The second-order valence-electron chi connectivity index (χ2n) is 4.46. The Morgan fingerprint density at radius 2 is 2.15 bits per heavy atom. The van der Waals surface area contributed by atoms with Crippen LogP contribution in [0.5, 0.6) is 0 Å². The molecule has 0 saturated carbocycles. The first-order valence-electron chi connectivity index (χ1n) is 6.48. The molecular formula is C15H14BrN3O. The van der Waals surface area contributed by atoms with Crippen LogP contribution in [0.2, 0.25) is 0 Å². The van der Waals surface area contributed by atoms with Gasteiger partial charge in [-0.3, -0.25) is 4.98 Å². The van der Waals surface area contributed by atoms with Crippen molar-refractivity contribution in [2.45, 2.75) is 19.9 Å².